The predicted octanol–water partition coefficient (Wildman–Crippen LogP) is -1.43. The summed E-state index contributed by atoms with van der Waals surface area (Å²) in [4.78, 5) is 12.0. The number of carbonyl (C=O) groups excluding carboxylic acids is 1. The van der Waals surface area contributed by atoms with Crippen LogP contribution in [0.1, 0.15) is 13.3 Å². The van der Waals surface area contributed by atoms with Crippen molar-refractivity contribution >= 4 is 5.97 Å². The van der Waals surface area contributed by atoms with Gasteiger partial charge in [-0.2, -0.15) is 0 Å². The predicted molar refractivity (Wildman–Crippen MR) is 93.9 cm³/mol. The van der Waals surface area contributed by atoms with E-state index in [1.165, 1.54) is 6.26 Å². The molecule has 0 aromatic heterocycles. The number of ether oxygens (including phenoxy) is 5. The maximum Gasteiger partial charge on any atom is 0.338 e. The van der Waals surface area contributed by atoms with Gasteiger partial charge < -0.3 is 44.1 Å². The Kier molecular flexibility index (Phi) is 5.94. The van der Waals surface area contributed by atoms with E-state index in [0.717, 1.165) is 12.0 Å². The topological polar surface area (TPSA) is 144 Å². The summed E-state index contributed by atoms with van der Waals surface area (Å²) in [7, 11) is 0. The third-order valence-electron chi connectivity index (χ3n) is 5.74. The molecule has 0 aromatic rings. The minimum atomic E-state index is -1.56. The molecule has 0 saturated carbocycles. The zero-order valence-electron chi connectivity index (χ0n) is 15.9. The van der Waals surface area contributed by atoms with Crippen molar-refractivity contribution in [3.63, 3.8) is 0 Å². The molecule has 0 spiro atoms. The summed E-state index contributed by atoms with van der Waals surface area (Å²) in [5.74, 6) is -1.15. The van der Waals surface area contributed by atoms with Gasteiger partial charge in [0.25, 0.3) is 0 Å². The summed E-state index contributed by atoms with van der Waals surface area (Å²) >= 11 is 0. The maximum atomic E-state index is 12.0. The normalized spacial score (nSPS) is 43.3. The monoisotopic (exact) mass is 414 g/mol. The zero-order chi connectivity index (χ0) is 20.7. The summed E-state index contributed by atoms with van der Waals surface area (Å²) in [5, 5.41) is 39.5. The van der Waals surface area contributed by atoms with Crippen LogP contribution < -0.4 is 0 Å². The molecule has 3 aliphatic heterocycles. The van der Waals surface area contributed by atoms with Crippen molar-refractivity contribution in [2.45, 2.75) is 56.4 Å². The van der Waals surface area contributed by atoms with E-state index in [9.17, 15) is 25.2 Å². The molecule has 9 atom stereocenters. The molecule has 2 fully saturated rings. The average molecular weight is 414 g/mol. The van der Waals surface area contributed by atoms with Crippen LogP contribution in [0.15, 0.2) is 23.5 Å². The van der Waals surface area contributed by atoms with Gasteiger partial charge >= 0.3 is 5.97 Å². The van der Waals surface area contributed by atoms with E-state index >= 15 is 0 Å². The molecule has 4 rings (SSSR count). The van der Waals surface area contributed by atoms with Crippen LogP contribution in [0.2, 0.25) is 0 Å². The lowest BCUT2D eigenvalue weighted by Gasteiger charge is -2.42. The third kappa shape index (κ3) is 3.59. The Morgan fingerprint density at radius 3 is 2.62 bits per heavy atom. The minimum absolute atomic E-state index is 0.300. The van der Waals surface area contributed by atoms with Crippen molar-refractivity contribution < 1.29 is 48.9 Å². The number of aliphatic hydroxyl groups excluding tert-OH is 4. The van der Waals surface area contributed by atoms with E-state index < -0.39 is 61.6 Å². The molecule has 0 radical (unpaired) electrons. The standard InChI is InChI=1S/C19H26O10/c1-2-3-25-6-8-4-10-13-9(17(24)27-10)7-26-18(12(8)13)29-19-16(23)15(22)14(21)11(5-20)28-19/h4,7,10-16,18-23H,2-3,5-6H2,1H3/t10-,11+,12+,13-,14+,15-,16+,18-,19-/m0/s1. The lowest BCUT2D eigenvalue weighted by molar-refractivity contribution is -0.339. The first-order valence-electron chi connectivity index (χ1n) is 9.77. The SMILES string of the molecule is CCCOCC1=C[C@@H]2OC(=O)C3=CO[C@@H](O[C@@H]4O[C@H](CO)[C@@H](O)[C@H](O)[C@H]4O)[C@H]1[C@@H]32. The highest BCUT2D eigenvalue weighted by atomic mass is 16.8. The first kappa shape index (κ1) is 20.7. The fourth-order valence-electron chi connectivity index (χ4n) is 4.27. The Bertz CT molecular complexity index is 688. The van der Waals surface area contributed by atoms with Crippen LogP contribution in [0, 0.1) is 11.8 Å². The first-order valence-corrected chi connectivity index (χ1v) is 9.77. The van der Waals surface area contributed by atoms with Gasteiger partial charge in [0.05, 0.1) is 31.0 Å². The molecule has 4 aliphatic rings. The highest BCUT2D eigenvalue weighted by Gasteiger charge is 2.56. The molecule has 4 N–H and O–H groups in total. The molecule has 29 heavy (non-hydrogen) atoms. The average Bonchev–Trinajstić information content (AvgIpc) is 3.22. The maximum absolute atomic E-state index is 12.0. The minimum Gasteiger partial charge on any atom is -0.471 e. The van der Waals surface area contributed by atoms with Gasteiger partial charge in [0.15, 0.2) is 6.29 Å². The van der Waals surface area contributed by atoms with E-state index in [-0.39, 0.29) is 5.92 Å². The van der Waals surface area contributed by atoms with E-state index in [4.69, 9.17) is 23.7 Å². The molecule has 0 bridgehead atoms. The summed E-state index contributed by atoms with van der Waals surface area (Å²) < 4.78 is 27.9. The Morgan fingerprint density at radius 2 is 1.90 bits per heavy atom. The summed E-state index contributed by atoms with van der Waals surface area (Å²) in [6.45, 7) is 2.32. The van der Waals surface area contributed by atoms with Crippen LogP contribution in [0.3, 0.4) is 0 Å². The number of esters is 1. The molecule has 10 nitrogen and oxygen atoms in total. The van der Waals surface area contributed by atoms with Crippen LogP contribution in [0.25, 0.3) is 0 Å². The van der Waals surface area contributed by atoms with Crippen molar-refractivity contribution in [2.75, 3.05) is 19.8 Å². The van der Waals surface area contributed by atoms with Crippen LogP contribution in [-0.2, 0) is 28.5 Å². The second-order valence-electron chi connectivity index (χ2n) is 7.63. The quantitative estimate of drug-likeness (QED) is 0.222. The molecule has 3 heterocycles. The smallest absolute Gasteiger partial charge is 0.338 e. The highest BCUT2D eigenvalue weighted by Crippen LogP contribution is 2.49. The van der Waals surface area contributed by atoms with E-state index in [1.807, 2.05) is 13.0 Å². The second-order valence-corrected chi connectivity index (χ2v) is 7.63. The van der Waals surface area contributed by atoms with Gasteiger partial charge in [-0.1, -0.05) is 6.92 Å². The Morgan fingerprint density at radius 1 is 1.10 bits per heavy atom. The van der Waals surface area contributed by atoms with Gasteiger partial charge in [0.2, 0.25) is 6.29 Å². The van der Waals surface area contributed by atoms with Gasteiger partial charge in [0.1, 0.15) is 30.5 Å². The van der Waals surface area contributed by atoms with Crippen molar-refractivity contribution in [1.29, 1.82) is 0 Å². The number of rotatable bonds is 7. The molecule has 0 unspecified atom stereocenters. The Labute approximate surface area is 167 Å². The molecular weight excluding hydrogens is 388 g/mol. The molecule has 10 heteroatoms. The zero-order valence-corrected chi connectivity index (χ0v) is 15.9. The van der Waals surface area contributed by atoms with E-state index in [0.29, 0.717) is 18.8 Å². The van der Waals surface area contributed by atoms with Gasteiger partial charge in [-0.25, -0.2) is 4.79 Å². The summed E-state index contributed by atoms with van der Waals surface area (Å²) in [6, 6.07) is 0. The van der Waals surface area contributed by atoms with Crippen LogP contribution in [0.4, 0.5) is 0 Å². The number of hydrogen-bond acceptors (Lipinski definition) is 10. The number of aliphatic hydroxyl groups is 4. The lowest BCUT2D eigenvalue weighted by atomic mass is 9.84. The van der Waals surface area contributed by atoms with Crippen molar-refractivity contribution in [2.24, 2.45) is 11.8 Å². The van der Waals surface area contributed by atoms with Gasteiger partial charge in [-0.05, 0) is 18.1 Å². The Balaban J connectivity index is 1.53. The van der Waals surface area contributed by atoms with Gasteiger partial charge in [0, 0.05) is 12.5 Å². The molecule has 2 saturated heterocycles. The van der Waals surface area contributed by atoms with Gasteiger partial charge in [-0.15, -0.1) is 0 Å². The Hall–Kier alpha value is -1.53. The summed E-state index contributed by atoms with van der Waals surface area (Å²) in [6.07, 6.45) is -4.44. The molecule has 0 aromatic carbocycles. The van der Waals surface area contributed by atoms with Crippen molar-refractivity contribution in [3.8, 4) is 0 Å². The van der Waals surface area contributed by atoms with Crippen molar-refractivity contribution in [3.05, 3.63) is 23.5 Å². The fourth-order valence-corrected chi connectivity index (χ4v) is 4.27. The first-order chi connectivity index (χ1) is 14.0. The van der Waals surface area contributed by atoms with Gasteiger partial charge in [-0.3, -0.25) is 0 Å². The van der Waals surface area contributed by atoms with E-state index in [2.05, 4.69) is 0 Å². The lowest BCUT2D eigenvalue weighted by Crippen LogP contribution is -2.60. The second kappa shape index (κ2) is 8.31. The fraction of sp³-hybridized carbons (Fsp3) is 0.737. The third-order valence-corrected chi connectivity index (χ3v) is 5.74. The molecule has 1 aliphatic carbocycles. The van der Waals surface area contributed by atoms with Crippen LogP contribution in [0.5, 0.6) is 0 Å². The highest BCUT2D eigenvalue weighted by molar-refractivity contribution is 5.92. The largest absolute Gasteiger partial charge is 0.471 e. The number of hydrogen-bond donors (Lipinski definition) is 4. The molecule has 0 amide bonds. The number of carbonyl (C=O) groups is 1. The molecular formula is C19H26O10. The summed E-state index contributed by atoms with van der Waals surface area (Å²) in [5.41, 5.74) is 1.26. The van der Waals surface area contributed by atoms with Crippen LogP contribution >= 0.6 is 0 Å². The molecule has 162 valence electrons. The van der Waals surface area contributed by atoms with Crippen LogP contribution in [-0.4, -0.2) is 89.3 Å². The van der Waals surface area contributed by atoms with E-state index in [1.54, 1.807) is 0 Å². The van der Waals surface area contributed by atoms with Crippen molar-refractivity contribution in [1.82, 2.24) is 0 Å².